The van der Waals surface area contributed by atoms with Gasteiger partial charge in [-0.05, 0) is 19.8 Å². The van der Waals surface area contributed by atoms with E-state index < -0.39 is 0 Å². The topological polar surface area (TPSA) is 42.7 Å². The summed E-state index contributed by atoms with van der Waals surface area (Å²) in [5, 5.41) is 6.85. The van der Waals surface area contributed by atoms with Crippen LogP contribution in [0, 0.1) is 0 Å². The molecule has 0 spiro atoms. The Kier molecular flexibility index (Phi) is 4.37. The third-order valence-corrected chi connectivity index (χ3v) is 3.96. The van der Waals surface area contributed by atoms with Crippen molar-refractivity contribution in [2.24, 2.45) is 7.05 Å². The van der Waals surface area contributed by atoms with Crippen molar-refractivity contribution in [3.05, 3.63) is 34.3 Å². The van der Waals surface area contributed by atoms with Crippen LogP contribution < -0.4 is 5.32 Å². The fourth-order valence-electron chi connectivity index (χ4n) is 1.96. The fourth-order valence-corrected chi connectivity index (χ4v) is 3.01. The second-order valence-corrected chi connectivity index (χ2v) is 6.34. The van der Waals surface area contributed by atoms with Gasteiger partial charge in [0.25, 0.3) is 0 Å². The van der Waals surface area contributed by atoms with E-state index in [0.29, 0.717) is 12.0 Å². The molecule has 0 saturated carbocycles. The molecule has 0 saturated heterocycles. The first-order chi connectivity index (χ1) is 8.99. The van der Waals surface area contributed by atoms with E-state index in [-0.39, 0.29) is 6.04 Å². The highest BCUT2D eigenvalue weighted by Gasteiger charge is 2.21. The lowest BCUT2D eigenvalue weighted by molar-refractivity contribution is 0.507. The van der Waals surface area contributed by atoms with Crippen molar-refractivity contribution in [1.82, 2.24) is 19.9 Å². The maximum atomic E-state index is 4.78. The van der Waals surface area contributed by atoms with Gasteiger partial charge in [0.05, 0.1) is 23.9 Å². The van der Waals surface area contributed by atoms with E-state index in [9.17, 15) is 0 Å². The van der Waals surface area contributed by atoms with Crippen LogP contribution in [0.25, 0.3) is 0 Å². The number of aryl methyl sites for hydroxylation is 1. The van der Waals surface area contributed by atoms with Crippen LogP contribution in [0.5, 0.6) is 0 Å². The van der Waals surface area contributed by atoms with Crippen LogP contribution in [0.2, 0.25) is 0 Å². The first-order valence-electron chi connectivity index (χ1n) is 6.66. The molecule has 0 aliphatic carbocycles. The Labute approximate surface area is 118 Å². The Morgan fingerprint density at radius 3 is 2.47 bits per heavy atom. The highest BCUT2D eigenvalue weighted by Crippen LogP contribution is 2.27. The minimum absolute atomic E-state index is 0.116. The Morgan fingerprint density at radius 2 is 2.00 bits per heavy atom. The molecule has 4 nitrogen and oxygen atoms in total. The first kappa shape index (κ1) is 14.2. The Bertz CT molecular complexity index is 527. The van der Waals surface area contributed by atoms with Gasteiger partial charge >= 0.3 is 0 Å². The summed E-state index contributed by atoms with van der Waals surface area (Å²) in [5.74, 6) is 0.469. The normalized spacial score (nSPS) is 13.4. The van der Waals surface area contributed by atoms with Crippen molar-refractivity contribution in [2.75, 3.05) is 0 Å². The molecule has 1 unspecified atom stereocenters. The molecule has 2 rings (SSSR count). The molecule has 5 heteroatoms. The lowest BCUT2D eigenvalue weighted by Gasteiger charge is -2.19. The maximum Gasteiger partial charge on any atom is 0.116 e. The number of hydrogen-bond donors (Lipinski definition) is 1. The molecule has 0 aliphatic heterocycles. The van der Waals surface area contributed by atoms with Crippen molar-refractivity contribution in [2.45, 2.75) is 45.7 Å². The standard InChI is InChI=1S/C14H22N4S/c1-9(2)11-7-19-14(17-11)13(16-10(3)4)12-6-15-8-18(12)5/h6-10,13,16H,1-5H3. The molecule has 0 bridgehead atoms. The molecule has 2 aromatic heterocycles. The molecule has 0 aromatic carbocycles. The number of thiazole rings is 1. The minimum atomic E-state index is 0.116. The van der Waals surface area contributed by atoms with E-state index in [4.69, 9.17) is 4.98 Å². The summed E-state index contributed by atoms with van der Waals surface area (Å²) < 4.78 is 2.05. The van der Waals surface area contributed by atoms with Crippen LogP contribution in [0.15, 0.2) is 17.9 Å². The molecule has 1 atom stereocenters. The number of aromatic nitrogens is 3. The molecule has 1 N–H and O–H groups in total. The van der Waals surface area contributed by atoms with Gasteiger partial charge in [-0.3, -0.25) is 0 Å². The van der Waals surface area contributed by atoms with Gasteiger partial charge in [-0.1, -0.05) is 13.8 Å². The van der Waals surface area contributed by atoms with Crippen LogP contribution in [0.1, 0.15) is 56.1 Å². The summed E-state index contributed by atoms with van der Waals surface area (Å²) in [6.45, 7) is 8.65. The van der Waals surface area contributed by atoms with E-state index >= 15 is 0 Å². The van der Waals surface area contributed by atoms with Crippen molar-refractivity contribution >= 4 is 11.3 Å². The molecule has 2 aromatic rings. The van der Waals surface area contributed by atoms with E-state index in [2.05, 4.69) is 47.9 Å². The summed E-state index contributed by atoms with van der Waals surface area (Å²) >= 11 is 1.72. The molecule has 0 aliphatic rings. The molecule has 0 amide bonds. The number of hydrogen-bond acceptors (Lipinski definition) is 4. The minimum Gasteiger partial charge on any atom is -0.336 e. The van der Waals surface area contributed by atoms with E-state index in [1.165, 1.54) is 0 Å². The number of imidazole rings is 1. The van der Waals surface area contributed by atoms with Gasteiger partial charge in [0, 0.05) is 18.5 Å². The summed E-state index contributed by atoms with van der Waals surface area (Å²) in [6.07, 6.45) is 3.75. The molecule has 19 heavy (non-hydrogen) atoms. The fraction of sp³-hybridized carbons (Fsp3) is 0.571. The molecule has 0 fully saturated rings. The van der Waals surface area contributed by atoms with E-state index in [1.807, 2.05) is 19.6 Å². The molecular formula is C14H22N4S. The van der Waals surface area contributed by atoms with Gasteiger partial charge < -0.3 is 9.88 Å². The van der Waals surface area contributed by atoms with Crippen molar-refractivity contribution in [1.29, 1.82) is 0 Å². The number of nitrogens with zero attached hydrogens (tertiary/aromatic N) is 3. The zero-order valence-corrected chi connectivity index (χ0v) is 13.0. The molecular weight excluding hydrogens is 256 g/mol. The number of rotatable bonds is 5. The molecule has 104 valence electrons. The summed E-state index contributed by atoms with van der Waals surface area (Å²) in [4.78, 5) is 8.99. The van der Waals surface area contributed by atoms with Crippen LogP contribution in [-0.4, -0.2) is 20.6 Å². The Balaban J connectivity index is 2.34. The SMILES string of the molecule is CC(C)NC(c1nc(C(C)C)cs1)c1cncn1C. The van der Waals surface area contributed by atoms with E-state index in [1.54, 1.807) is 11.3 Å². The molecule has 2 heterocycles. The summed E-state index contributed by atoms with van der Waals surface area (Å²) in [7, 11) is 2.02. The van der Waals surface area contributed by atoms with Crippen molar-refractivity contribution < 1.29 is 0 Å². The van der Waals surface area contributed by atoms with E-state index in [0.717, 1.165) is 16.4 Å². The third-order valence-electron chi connectivity index (χ3n) is 3.03. The van der Waals surface area contributed by atoms with Gasteiger partial charge in [0.1, 0.15) is 11.0 Å². The highest BCUT2D eigenvalue weighted by molar-refractivity contribution is 7.09. The number of nitrogens with one attached hydrogen (secondary N) is 1. The second kappa shape index (κ2) is 5.84. The van der Waals surface area contributed by atoms with Crippen molar-refractivity contribution in [3.8, 4) is 0 Å². The summed E-state index contributed by atoms with van der Waals surface area (Å²) in [5.41, 5.74) is 2.32. The monoisotopic (exact) mass is 278 g/mol. The first-order valence-corrected chi connectivity index (χ1v) is 7.54. The second-order valence-electron chi connectivity index (χ2n) is 5.45. The Hall–Kier alpha value is -1.20. The van der Waals surface area contributed by atoms with Crippen LogP contribution in [0.3, 0.4) is 0 Å². The average Bonchev–Trinajstić information content (AvgIpc) is 2.94. The zero-order chi connectivity index (χ0) is 14.0. The van der Waals surface area contributed by atoms with Crippen LogP contribution >= 0.6 is 11.3 Å². The predicted octanol–water partition coefficient (Wildman–Crippen LogP) is 3.09. The lowest BCUT2D eigenvalue weighted by Crippen LogP contribution is -2.30. The van der Waals surface area contributed by atoms with Gasteiger partial charge in [-0.2, -0.15) is 0 Å². The highest BCUT2D eigenvalue weighted by atomic mass is 32.1. The van der Waals surface area contributed by atoms with Crippen LogP contribution in [-0.2, 0) is 7.05 Å². The largest absolute Gasteiger partial charge is 0.336 e. The van der Waals surface area contributed by atoms with Gasteiger partial charge in [-0.15, -0.1) is 11.3 Å². The smallest absolute Gasteiger partial charge is 0.116 e. The zero-order valence-electron chi connectivity index (χ0n) is 12.2. The lowest BCUT2D eigenvalue weighted by atomic mass is 10.1. The van der Waals surface area contributed by atoms with Gasteiger partial charge in [0.15, 0.2) is 0 Å². The maximum absolute atomic E-state index is 4.78. The average molecular weight is 278 g/mol. The summed E-state index contributed by atoms with van der Waals surface area (Å²) in [6, 6.07) is 0.510. The molecule has 0 radical (unpaired) electrons. The third kappa shape index (κ3) is 3.22. The van der Waals surface area contributed by atoms with Crippen molar-refractivity contribution in [3.63, 3.8) is 0 Å². The van der Waals surface area contributed by atoms with Gasteiger partial charge in [-0.25, -0.2) is 9.97 Å². The Morgan fingerprint density at radius 1 is 1.26 bits per heavy atom. The van der Waals surface area contributed by atoms with Gasteiger partial charge in [0.2, 0.25) is 0 Å². The predicted molar refractivity (Wildman–Crippen MR) is 79.5 cm³/mol. The quantitative estimate of drug-likeness (QED) is 0.914. The van der Waals surface area contributed by atoms with Crippen LogP contribution in [0.4, 0.5) is 0 Å².